The Hall–Kier alpha value is -3.86. The number of carbonyl (C=O) groups is 2. The van der Waals surface area contributed by atoms with E-state index in [0.717, 1.165) is 64.9 Å². The maximum Gasteiger partial charge on any atom is 0.330 e. The topological polar surface area (TPSA) is 55.8 Å². The van der Waals surface area contributed by atoms with Gasteiger partial charge in [-0.15, -0.1) is 0 Å². The van der Waals surface area contributed by atoms with Crippen LogP contribution >= 0.6 is 0 Å². The van der Waals surface area contributed by atoms with Crippen LogP contribution in [0.5, 0.6) is 5.75 Å². The van der Waals surface area contributed by atoms with E-state index in [-0.39, 0.29) is 11.8 Å². The number of methoxy groups -OCH3 is 2. The van der Waals surface area contributed by atoms with Crippen LogP contribution in [0.4, 0.5) is 5.69 Å². The highest BCUT2D eigenvalue weighted by atomic mass is 16.5. The molecule has 0 aliphatic heterocycles. The zero-order valence-electron chi connectivity index (χ0n) is 21.9. The molecule has 0 bridgehead atoms. The Morgan fingerprint density at radius 2 is 1.65 bits per heavy atom. The molecule has 1 saturated carbocycles. The number of ether oxygens (including phenoxy) is 2. The maximum atomic E-state index is 13.7. The van der Waals surface area contributed by atoms with Crippen LogP contribution in [-0.2, 0) is 20.9 Å². The van der Waals surface area contributed by atoms with E-state index in [1.165, 1.54) is 19.6 Å². The van der Waals surface area contributed by atoms with Crippen LogP contribution in [-0.4, -0.2) is 26.1 Å². The van der Waals surface area contributed by atoms with Gasteiger partial charge >= 0.3 is 5.97 Å². The zero-order chi connectivity index (χ0) is 26.2. The molecule has 4 rings (SSSR count). The minimum absolute atomic E-state index is 0.0438. The van der Waals surface area contributed by atoms with Crippen molar-refractivity contribution in [3.05, 3.63) is 89.5 Å². The van der Waals surface area contributed by atoms with Crippen LogP contribution in [0.15, 0.2) is 72.8 Å². The number of hydrogen-bond acceptors (Lipinski definition) is 4. The largest absolute Gasteiger partial charge is 0.496 e. The van der Waals surface area contributed by atoms with E-state index in [9.17, 15) is 9.59 Å². The van der Waals surface area contributed by atoms with Crippen molar-refractivity contribution < 1.29 is 19.1 Å². The van der Waals surface area contributed by atoms with Gasteiger partial charge in [0.15, 0.2) is 0 Å². The number of amides is 1. The number of hydrogen-bond donors (Lipinski definition) is 0. The van der Waals surface area contributed by atoms with E-state index in [1.807, 2.05) is 36.1 Å². The van der Waals surface area contributed by atoms with E-state index < -0.39 is 5.97 Å². The Labute approximate surface area is 219 Å². The Balaban J connectivity index is 1.60. The number of rotatable bonds is 8. The Kier molecular flexibility index (Phi) is 8.78. The molecule has 0 N–H and O–H groups in total. The highest BCUT2D eigenvalue weighted by Gasteiger charge is 2.27. The molecule has 0 saturated heterocycles. The Morgan fingerprint density at radius 3 is 2.35 bits per heavy atom. The maximum absolute atomic E-state index is 13.7. The number of carbonyl (C=O) groups excluding carboxylic acids is 2. The van der Waals surface area contributed by atoms with Crippen molar-refractivity contribution >= 4 is 23.6 Å². The average Bonchev–Trinajstić information content (AvgIpc) is 2.95. The molecule has 0 atom stereocenters. The summed E-state index contributed by atoms with van der Waals surface area (Å²) in [5, 5.41) is 0. The second kappa shape index (κ2) is 12.4. The van der Waals surface area contributed by atoms with Gasteiger partial charge in [-0.2, -0.15) is 0 Å². The lowest BCUT2D eigenvalue weighted by atomic mass is 9.88. The van der Waals surface area contributed by atoms with Crippen molar-refractivity contribution in [1.29, 1.82) is 0 Å². The molecule has 1 aliphatic carbocycles. The minimum atomic E-state index is -0.410. The first kappa shape index (κ1) is 26.2. The van der Waals surface area contributed by atoms with Crippen LogP contribution in [0.2, 0.25) is 0 Å². The molecule has 0 unspecified atom stereocenters. The highest BCUT2D eigenvalue weighted by molar-refractivity contribution is 5.95. The average molecular weight is 498 g/mol. The summed E-state index contributed by atoms with van der Waals surface area (Å²) in [5.41, 5.74) is 6.02. The monoisotopic (exact) mass is 497 g/mol. The molecular formula is C32H35NO4. The molecule has 1 amide bonds. The van der Waals surface area contributed by atoms with Gasteiger partial charge in [-0.3, -0.25) is 4.79 Å². The summed E-state index contributed by atoms with van der Waals surface area (Å²) in [6.07, 6.45) is 8.37. The molecule has 3 aromatic rings. The summed E-state index contributed by atoms with van der Waals surface area (Å²) in [5.74, 6) is 0.669. The van der Waals surface area contributed by atoms with Gasteiger partial charge in [-0.05, 0) is 71.9 Å². The fourth-order valence-corrected chi connectivity index (χ4v) is 4.88. The lowest BCUT2D eigenvalue weighted by Gasteiger charge is -2.30. The molecule has 192 valence electrons. The SMILES string of the molecule is COC(=O)/C=C/c1cccc(N(Cc2ccc(-c3ccc(C)c(OC)c3)cc2)C(=O)C2CCCCC2)c1. The molecule has 37 heavy (non-hydrogen) atoms. The summed E-state index contributed by atoms with van der Waals surface area (Å²) in [6, 6.07) is 22.3. The number of anilines is 1. The van der Waals surface area contributed by atoms with E-state index in [4.69, 9.17) is 9.47 Å². The lowest BCUT2D eigenvalue weighted by molar-refractivity contribution is -0.134. The highest BCUT2D eigenvalue weighted by Crippen LogP contribution is 2.31. The Morgan fingerprint density at radius 1 is 0.919 bits per heavy atom. The van der Waals surface area contributed by atoms with E-state index in [1.54, 1.807) is 13.2 Å². The molecule has 0 aromatic heterocycles. The predicted molar refractivity (Wildman–Crippen MR) is 148 cm³/mol. The van der Waals surface area contributed by atoms with Crippen molar-refractivity contribution in [2.24, 2.45) is 5.92 Å². The summed E-state index contributed by atoms with van der Waals surface area (Å²) >= 11 is 0. The van der Waals surface area contributed by atoms with Gasteiger partial charge in [0.25, 0.3) is 0 Å². The van der Waals surface area contributed by atoms with Crippen molar-refractivity contribution in [3.8, 4) is 16.9 Å². The Bertz CT molecular complexity index is 1260. The third kappa shape index (κ3) is 6.67. The third-order valence-corrected chi connectivity index (χ3v) is 7.05. The first-order chi connectivity index (χ1) is 18.0. The summed E-state index contributed by atoms with van der Waals surface area (Å²) < 4.78 is 10.2. The van der Waals surface area contributed by atoms with Gasteiger partial charge in [-0.25, -0.2) is 4.79 Å². The van der Waals surface area contributed by atoms with E-state index >= 15 is 0 Å². The molecule has 3 aromatic carbocycles. The molecule has 5 nitrogen and oxygen atoms in total. The molecule has 5 heteroatoms. The van der Waals surface area contributed by atoms with Gasteiger partial charge in [0.1, 0.15) is 5.75 Å². The van der Waals surface area contributed by atoms with Crippen molar-refractivity contribution in [3.63, 3.8) is 0 Å². The van der Waals surface area contributed by atoms with Crippen LogP contribution < -0.4 is 9.64 Å². The molecular weight excluding hydrogens is 462 g/mol. The molecule has 0 heterocycles. The second-order valence-corrected chi connectivity index (χ2v) is 9.59. The minimum Gasteiger partial charge on any atom is -0.496 e. The van der Waals surface area contributed by atoms with Gasteiger partial charge in [0, 0.05) is 17.7 Å². The molecule has 1 aliphatic rings. The zero-order valence-corrected chi connectivity index (χ0v) is 21.9. The van der Waals surface area contributed by atoms with Crippen molar-refractivity contribution in [2.45, 2.75) is 45.6 Å². The molecule has 1 fully saturated rings. The van der Waals surface area contributed by atoms with Crippen molar-refractivity contribution in [2.75, 3.05) is 19.1 Å². The second-order valence-electron chi connectivity index (χ2n) is 9.59. The number of benzene rings is 3. The standard InChI is InChI=1S/C32H35NO4/c1-23-12-16-28(21-30(23)36-2)26-17-13-25(14-18-26)22-33(32(35)27-9-5-4-6-10-27)29-11-7-8-24(20-29)15-19-31(34)37-3/h7-8,11-21,27H,4-6,9-10,22H2,1-3H3/b19-15+. The van der Waals surface area contributed by atoms with Gasteiger partial charge in [0.2, 0.25) is 5.91 Å². The van der Waals surface area contributed by atoms with Gasteiger partial charge < -0.3 is 14.4 Å². The summed E-state index contributed by atoms with van der Waals surface area (Å²) in [4.78, 5) is 27.2. The number of nitrogens with zero attached hydrogens (tertiary/aromatic N) is 1. The van der Waals surface area contributed by atoms with Crippen LogP contribution in [0.25, 0.3) is 17.2 Å². The molecule has 0 spiro atoms. The summed E-state index contributed by atoms with van der Waals surface area (Å²) in [7, 11) is 3.04. The van der Waals surface area contributed by atoms with Gasteiger partial charge in [0.05, 0.1) is 20.8 Å². The fraction of sp³-hybridized carbons (Fsp3) is 0.312. The van der Waals surface area contributed by atoms with E-state index in [0.29, 0.717) is 6.54 Å². The van der Waals surface area contributed by atoms with Crippen molar-refractivity contribution in [1.82, 2.24) is 0 Å². The number of aryl methyl sites for hydroxylation is 1. The van der Waals surface area contributed by atoms with Crippen LogP contribution in [0.3, 0.4) is 0 Å². The lowest BCUT2D eigenvalue weighted by Crippen LogP contribution is -2.36. The van der Waals surface area contributed by atoms with E-state index in [2.05, 4.69) is 42.5 Å². The normalized spacial score (nSPS) is 13.9. The fourth-order valence-electron chi connectivity index (χ4n) is 4.88. The van der Waals surface area contributed by atoms with Crippen LogP contribution in [0, 0.1) is 12.8 Å². The summed E-state index contributed by atoms with van der Waals surface area (Å²) in [6.45, 7) is 2.51. The van der Waals surface area contributed by atoms with Crippen LogP contribution in [0.1, 0.15) is 48.8 Å². The number of esters is 1. The molecule has 0 radical (unpaired) electrons. The quantitative estimate of drug-likeness (QED) is 0.249. The predicted octanol–water partition coefficient (Wildman–Crippen LogP) is 6.97. The smallest absolute Gasteiger partial charge is 0.330 e. The first-order valence-electron chi connectivity index (χ1n) is 12.9. The van der Waals surface area contributed by atoms with Gasteiger partial charge in [-0.1, -0.05) is 67.8 Å². The third-order valence-electron chi connectivity index (χ3n) is 7.05. The first-order valence-corrected chi connectivity index (χ1v) is 12.9.